The van der Waals surface area contributed by atoms with E-state index in [2.05, 4.69) is 26.5 Å². The molecule has 0 atom stereocenters. The molecule has 182 valence electrons. The minimum absolute atomic E-state index is 0.0940. The summed E-state index contributed by atoms with van der Waals surface area (Å²) in [6.45, 7) is 1.59. The Bertz CT molecular complexity index is 1360. The lowest BCUT2D eigenvalue weighted by atomic mass is 10.2. The number of thioether (sulfide) groups is 1. The number of aryl methyl sites for hydroxylation is 1. The number of amides is 1. The van der Waals surface area contributed by atoms with Gasteiger partial charge in [0.25, 0.3) is 15.9 Å². The monoisotopic (exact) mass is 575 g/mol. The number of carbonyl (C=O) groups excluding carboxylic acids is 1. The first-order valence-corrected chi connectivity index (χ1v) is 13.9. The van der Waals surface area contributed by atoms with Gasteiger partial charge in [-0.2, -0.15) is 5.10 Å². The SMILES string of the molecule is CSc1ccc(S(=O)(=O)N(CC(=O)N/N=C\c2cc3c(cc2Br)OCO3)c2ccc(C)cc2)cc1. The first-order valence-electron chi connectivity index (χ1n) is 10.4. The van der Waals surface area contributed by atoms with E-state index in [0.717, 1.165) is 14.8 Å². The van der Waals surface area contributed by atoms with Crippen molar-refractivity contribution in [2.75, 3.05) is 23.9 Å². The average molecular weight is 576 g/mol. The number of rotatable bonds is 8. The summed E-state index contributed by atoms with van der Waals surface area (Å²) in [5, 5.41) is 3.99. The zero-order valence-electron chi connectivity index (χ0n) is 18.9. The lowest BCUT2D eigenvalue weighted by Crippen LogP contribution is -2.39. The molecule has 0 radical (unpaired) electrons. The highest BCUT2D eigenvalue weighted by Gasteiger charge is 2.27. The summed E-state index contributed by atoms with van der Waals surface area (Å²) >= 11 is 4.94. The van der Waals surface area contributed by atoms with Gasteiger partial charge in [0.05, 0.1) is 16.8 Å². The molecule has 8 nitrogen and oxygen atoms in total. The van der Waals surface area contributed by atoms with Gasteiger partial charge in [0, 0.05) is 14.9 Å². The normalized spacial score (nSPS) is 12.7. The Morgan fingerprint density at radius 2 is 1.77 bits per heavy atom. The molecule has 3 aromatic rings. The van der Waals surface area contributed by atoms with Crippen LogP contribution in [-0.4, -0.2) is 40.1 Å². The van der Waals surface area contributed by atoms with Crippen molar-refractivity contribution in [3.8, 4) is 11.5 Å². The van der Waals surface area contributed by atoms with E-state index in [4.69, 9.17) is 9.47 Å². The van der Waals surface area contributed by atoms with Crippen LogP contribution in [0.4, 0.5) is 5.69 Å². The molecule has 3 aromatic carbocycles. The van der Waals surface area contributed by atoms with Crippen LogP contribution in [0.2, 0.25) is 0 Å². The third-order valence-corrected chi connectivity index (χ3v) is 8.36. The lowest BCUT2D eigenvalue weighted by Gasteiger charge is -2.24. The number of nitrogens with zero attached hydrogens (tertiary/aromatic N) is 2. The zero-order chi connectivity index (χ0) is 25.0. The van der Waals surface area contributed by atoms with E-state index >= 15 is 0 Å². The number of fused-ring (bicyclic) bond motifs is 1. The molecular formula is C24H22BrN3O5S2. The molecule has 1 aliphatic heterocycles. The Labute approximate surface area is 216 Å². The highest BCUT2D eigenvalue weighted by Crippen LogP contribution is 2.36. The smallest absolute Gasteiger partial charge is 0.264 e. The van der Waals surface area contributed by atoms with Crippen LogP contribution in [0.5, 0.6) is 11.5 Å². The second-order valence-electron chi connectivity index (χ2n) is 7.54. The number of hydrogen-bond acceptors (Lipinski definition) is 7. The largest absolute Gasteiger partial charge is 0.454 e. The molecule has 1 aliphatic rings. The van der Waals surface area contributed by atoms with Crippen LogP contribution >= 0.6 is 27.7 Å². The van der Waals surface area contributed by atoms with E-state index in [1.807, 2.05) is 13.2 Å². The van der Waals surface area contributed by atoms with Gasteiger partial charge in [-0.1, -0.05) is 17.7 Å². The van der Waals surface area contributed by atoms with Crippen LogP contribution in [0.3, 0.4) is 0 Å². The van der Waals surface area contributed by atoms with Gasteiger partial charge in [-0.15, -0.1) is 11.8 Å². The number of carbonyl (C=O) groups is 1. The molecule has 4 rings (SSSR count). The number of hydrogen-bond donors (Lipinski definition) is 1. The van der Waals surface area contributed by atoms with E-state index in [1.54, 1.807) is 48.5 Å². The highest BCUT2D eigenvalue weighted by molar-refractivity contribution is 9.10. The molecule has 0 unspecified atom stereocenters. The van der Waals surface area contributed by atoms with Crippen LogP contribution in [-0.2, 0) is 14.8 Å². The third kappa shape index (κ3) is 5.80. The summed E-state index contributed by atoms with van der Waals surface area (Å²) < 4.78 is 39.4. The van der Waals surface area contributed by atoms with Crippen molar-refractivity contribution in [1.82, 2.24) is 5.43 Å². The molecule has 0 aliphatic carbocycles. The second-order valence-corrected chi connectivity index (χ2v) is 11.1. The van der Waals surface area contributed by atoms with Crippen molar-refractivity contribution in [1.29, 1.82) is 0 Å². The predicted octanol–water partition coefficient (Wildman–Crippen LogP) is 4.55. The standard InChI is InChI=1S/C24H22BrN3O5S2/c1-16-3-5-18(6-4-16)28(35(30,31)20-9-7-19(34-2)8-10-20)14-24(29)27-26-13-17-11-22-23(12-21(17)25)33-15-32-22/h3-13H,14-15H2,1-2H3,(H,27,29)/b26-13-. The van der Waals surface area contributed by atoms with E-state index in [-0.39, 0.29) is 11.7 Å². The lowest BCUT2D eigenvalue weighted by molar-refractivity contribution is -0.119. The predicted molar refractivity (Wildman–Crippen MR) is 140 cm³/mol. The number of halogens is 1. The van der Waals surface area contributed by atoms with E-state index in [9.17, 15) is 13.2 Å². The fourth-order valence-electron chi connectivity index (χ4n) is 3.27. The van der Waals surface area contributed by atoms with Gasteiger partial charge in [-0.25, -0.2) is 13.8 Å². The molecule has 0 fully saturated rings. The molecule has 0 aromatic heterocycles. The molecular weight excluding hydrogens is 554 g/mol. The van der Waals surface area contributed by atoms with Crippen LogP contribution in [0, 0.1) is 6.92 Å². The van der Waals surface area contributed by atoms with Crippen molar-refractivity contribution < 1.29 is 22.7 Å². The fourth-order valence-corrected chi connectivity index (χ4v) is 5.53. The Morgan fingerprint density at radius 1 is 1.11 bits per heavy atom. The number of ether oxygens (including phenoxy) is 2. The minimum atomic E-state index is -4.00. The second kappa shape index (κ2) is 10.7. The van der Waals surface area contributed by atoms with Crippen molar-refractivity contribution in [2.24, 2.45) is 5.10 Å². The molecule has 0 saturated heterocycles. The van der Waals surface area contributed by atoms with E-state index in [0.29, 0.717) is 27.2 Å². The highest BCUT2D eigenvalue weighted by atomic mass is 79.9. The summed E-state index contributed by atoms with van der Waals surface area (Å²) in [6, 6.07) is 16.9. The molecule has 1 N–H and O–H groups in total. The van der Waals surface area contributed by atoms with Gasteiger partial charge in [0.15, 0.2) is 11.5 Å². The zero-order valence-corrected chi connectivity index (χ0v) is 22.1. The number of hydrazone groups is 1. The minimum Gasteiger partial charge on any atom is -0.454 e. The summed E-state index contributed by atoms with van der Waals surface area (Å²) in [4.78, 5) is 13.8. The third-order valence-electron chi connectivity index (χ3n) is 5.14. The number of anilines is 1. The Hall–Kier alpha value is -3.02. The van der Waals surface area contributed by atoms with Crippen molar-refractivity contribution in [2.45, 2.75) is 16.7 Å². The Morgan fingerprint density at radius 3 is 2.43 bits per heavy atom. The molecule has 11 heteroatoms. The van der Waals surface area contributed by atoms with Crippen LogP contribution < -0.4 is 19.2 Å². The summed E-state index contributed by atoms with van der Waals surface area (Å²) in [5.74, 6) is 0.593. The van der Waals surface area contributed by atoms with Crippen molar-refractivity contribution in [3.63, 3.8) is 0 Å². The first-order chi connectivity index (χ1) is 16.8. The topological polar surface area (TPSA) is 97.3 Å². The number of nitrogens with one attached hydrogen (secondary N) is 1. The van der Waals surface area contributed by atoms with Gasteiger partial charge < -0.3 is 9.47 Å². The molecule has 1 heterocycles. The van der Waals surface area contributed by atoms with Gasteiger partial charge in [0.1, 0.15) is 6.54 Å². The van der Waals surface area contributed by atoms with E-state index < -0.39 is 22.5 Å². The quantitative estimate of drug-likeness (QED) is 0.240. The summed E-state index contributed by atoms with van der Waals surface area (Å²) in [6.07, 6.45) is 3.35. The average Bonchev–Trinajstić information content (AvgIpc) is 3.30. The van der Waals surface area contributed by atoms with Crippen molar-refractivity contribution in [3.05, 3.63) is 76.3 Å². The van der Waals surface area contributed by atoms with Crippen LogP contribution in [0.15, 0.2) is 80.0 Å². The van der Waals surface area contributed by atoms with Crippen molar-refractivity contribution >= 4 is 55.5 Å². The first kappa shape index (κ1) is 25.1. The maximum Gasteiger partial charge on any atom is 0.264 e. The van der Waals surface area contributed by atoms with Gasteiger partial charge in [-0.05, 0) is 77.6 Å². The molecule has 0 saturated carbocycles. The van der Waals surface area contributed by atoms with Gasteiger partial charge >= 0.3 is 0 Å². The molecule has 0 spiro atoms. The van der Waals surface area contributed by atoms with Gasteiger partial charge in [-0.3, -0.25) is 9.10 Å². The summed E-state index contributed by atoms with van der Waals surface area (Å²) in [5.41, 5.74) is 4.41. The maximum atomic E-state index is 13.5. The molecule has 0 bridgehead atoms. The molecule has 35 heavy (non-hydrogen) atoms. The number of sulfonamides is 1. The number of benzene rings is 3. The van der Waals surface area contributed by atoms with E-state index in [1.165, 1.54) is 30.1 Å². The van der Waals surface area contributed by atoms with Crippen LogP contribution in [0.25, 0.3) is 0 Å². The Kier molecular flexibility index (Phi) is 7.68. The van der Waals surface area contributed by atoms with Gasteiger partial charge in [0.2, 0.25) is 6.79 Å². The fraction of sp³-hybridized carbons (Fsp3) is 0.167. The Balaban J connectivity index is 1.54. The molecule has 1 amide bonds. The maximum absolute atomic E-state index is 13.5. The summed E-state index contributed by atoms with van der Waals surface area (Å²) in [7, 11) is -4.00. The van der Waals surface area contributed by atoms with Crippen LogP contribution in [0.1, 0.15) is 11.1 Å².